The molecule has 0 aromatic heterocycles. The van der Waals surface area contributed by atoms with E-state index in [0.717, 1.165) is 34.0 Å². The predicted molar refractivity (Wildman–Crippen MR) is 119 cm³/mol. The van der Waals surface area contributed by atoms with Gasteiger partial charge in [0.25, 0.3) is 0 Å². The molecule has 1 saturated carbocycles. The van der Waals surface area contributed by atoms with Crippen LogP contribution in [-0.2, 0) is 0 Å². The zero-order valence-corrected chi connectivity index (χ0v) is 18.0. The molecule has 2 aliphatic rings. The van der Waals surface area contributed by atoms with Crippen LogP contribution in [-0.4, -0.2) is 36.6 Å². The number of hydrogen-bond donors (Lipinski definition) is 2. The van der Waals surface area contributed by atoms with Crippen molar-refractivity contribution in [3.05, 3.63) is 47.5 Å². The van der Waals surface area contributed by atoms with Crippen LogP contribution in [0, 0.1) is 0 Å². The van der Waals surface area contributed by atoms with Crippen molar-refractivity contribution in [2.75, 3.05) is 29.0 Å². The number of thioether (sulfide) groups is 1. The zero-order chi connectivity index (χ0) is 20.4. The third-order valence-corrected chi connectivity index (χ3v) is 7.14. The molecule has 4 rings (SSSR count). The highest BCUT2D eigenvalue weighted by Gasteiger charge is 2.27. The fourth-order valence-corrected chi connectivity index (χ4v) is 5.05. The summed E-state index contributed by atoms with van der Waals surface area (Å²) in [6.45, 7) is 1.42. The van der Waals surface area contributed by atoms with Gasteiger partial charge in [-0.3, -0.25) is 0 Å². The molecule has 0 atom stereocenters. The summed E-state index contributed by atoms with van der Waals surface area (Å²) in [5.74, 6) is -0.379. The van der Waals surface area contributed by atoms with Crippen molar-refractivity contribution in [2.24, 2.45) is 0 Å². The molecule has 2 fully saturated rings. The molecule has 4 nitrogen and oxygen atoms in total. The molecule has 1 aliphatic carbocycles. The Hall–Kier alpha value is -1.86. The second-order valence-electron chi connectivity index (χ2n) is 7.58. The van der Waals surface area contributed by atoms with Gasteiger partial charge < -0.3 is 14.7 Å². The van der Waals surface area contributed by atoms with E-state index < -0.39 is 12.1 Å². The maximum Gasteiger partial charge on any atom is 0.335 e. The number of benzene rings is 2. The Morgan fingerprint density at radius 1 is 1.14 bits per heavy atom. The van der Waals surface area contributed by atoms with Crippen LogP contribution in [0.4, 0.5) is 15.8 Å². The molecule has 2 N–H and O–H groups in total. The number of carboxylic acid groups (broad SMARTS) is 1. The van der Waals surface area contributed by atoms with Crippen LogP contribution in [0.25, 0.3) is 0 Å². The van der Waals surface area contributed by atoms with Gasteiger partial charge in [0, 0.05) is 22.9 Å². The average Bonchev–Trinajstić information content (AvgIpc) is 3.57. The summed E-state index contributed by atoms with van der Waals surface area (Å²) < 4.78 is 17.1. The molecular formula is C22H25FN2O2S2. The topological polar surface area (TPSA) is 52.6 Å². The van der Waals surface area contributed by atoms with Gasteiger partial charge in [-0.15, -0.1) is 11.8 Å². The molecule has 2 aromatic carbocycles. The van der Waals surface area contributed by atoms with Crippen LogP contribution in [0.5, 0.6) is 0 Å². The summed E-state index contributed by atoms with van der Waals surface area (Å²) in [5.41, 5.74) is 3.58. The van der Waals surface area contributed by atoms with E-state index in [1.807, 2.05) is 12.3 Å². The van der Waals surface area contributed by atoms with E-state index in [2.05, 4.69) is 27.8 Å². The van der Waals surface area contributed by atoms with E-state index in [4.69, 9.17) is 0 Å². The van der Waals surface area contributed by atoms with Gasteiger partial charge in [-0.05, 0) is 85.7 Å². The van der Waals surface area contributed by atoms with E-state index in [1.165, 1.54) is 17.5 Å². The van der Waals surface area contributed by atoms with E-state index in [-0.39, 0.29) is 0 Å². The van der Waals surface area contributed by atoms with Gasteiger partial charge in [-0.2, -0.15) is 0 Å². The standard InChI is InChI=1S/C22H25FN2O2S2/c1-28-17-5-7-20(25-10-8-16(23)9-11-25)19(13-17)24-29-21-12-15(22(26)27)4-6-18(21)14-2-3-14/h4-7,12-14,16,24H,2-3,8-11H2,1H3,(H,26,27). The molecule has 1 aliphatic heterocycles. The summed E-state index contributed by atoms with van der Waals surface area (Å²) in [4.78, 5) is 15.8. The minimum Gasteiger partial charge on any atom is -0.478 e. The number of piperidine rings is 1. The smallest absolute Gasteiger partial charge is 0.335 e. The maximum atomic E-state index is 13.6. The fourth-order valence-electron chi connectivity index (χ4n) is 3.69. The van der Waals surface area contributed by atoms with Crippen molar-refractivity contribution >= 4 is 41.1 Å². The van der Waals surface area contributed by atoms with Crippen LogP contribution in [0.2, 0.25) is 0 Å². The minimum absolute atomic E-state index is 0.307. The van der Waals surface area contributed by atoms with Gasteiger partial charge in [-0.25, -0.2) is 9.18 Å². The normalized spacial score (nSPS) is 17.4. The van der Waals surface area contributed by atoms with Crippen molar-refractivity contribution in [1.82, 2.24) is 0 Å². The largest absolute Gasteiger partial charge is 0.478 e. The predicted octanol–water partition coefficient (Wildman–Crippen LogP) is 6.04. The van der Waals surface area contributed by atoms with Crippen molar-refractivity contribution in [3.63, 3.8) is 0 Å². The van der Waals surface area contributed by atoms with Crippen molar-refractivity contribution in [1.29, 1.82) is 0 Å². The highest BCUT2D eigenvalue weighted by Crippen LogP contribution is 2.45. The number of carbonyl (C=O) groups is 1. The van der Waals surface area contributed by atoms with Crippen molar-refractivity contribution < 1.29 is 14.3 Å². The molecule has 1 heterocycles. The third-order valence-electron chi connectivity index (χ3n) is 5.52. The number of nitrogens with one attached hydrogen (secondary N) is 1. The molecule has 7 heteroatoms. The van der Waals surface area contributed by atoms with E-state index in [1.54, 1.807) is 23.9 Å². The summed E-state index contributed by atoms with van der Waals surface area (Å²) in [6, 6.07) is 11.7. The van der Waals surface area contributed by atoms with Gasteiger partial charge in [0.2, 0.25) is 0 Å². The Kier molecular flexibility index (Phi) is 6.25. The van der Waals surface area contributed by atoms with Crippen LogP contribution in [0.1, 0.15) is 47.5 Å². The quantitative estimate of drug-likeness (QED) is 0.411. The molecule has 0 spiro atoms. The first-order valence-corrected chi connectivity index (χ1v) is 12.0. The Morgan fingerprint density at radius 3 is 2.55 bits per heavy atom. The zero-order valence-electron chi connectivity index (χ0n) is 16.4. The number of halogens is 1. The molecule has 0 radical (unpaired) electrons. The molecule has 1 saturated heterocycles. The fraction of sp³-hybridized carbons (Fsp3) is 0.409. The van der Waals surface area contributed by atoms with Gasteiger partial charge >= 0.3 is 5.97 Å². The minimum atomic E-state index is -0.909. The molecule has 0 bridgehead atoms. The van der Waals surface area contributed by atoms with Crippen LogP contribution in [0.3, 0.4) is 0 Å². The van der Waals surface area contributed by atoms with Crippen LogP contribution < -0.4 is 9.62 Å². The first-order chi connectivity index (χ1) is 14.0. The van der Waals surface area contributed by atoms with Gasteiger partial charge in [0.05, 0.1) is 16.9 Å². The number of rotatable bonds is 7. The first-order valence-electron chi connectivity index (χ1n) is 9.92. The van der Waals surface area contributed by atoms with Gasteiger partial charge in [-0.1, -0.05) is 6.07 Å². The lowest BCUT2D eigenvalue weighted by molar-refractivity contribution is 0.0696. The molecule has 29 heavy (non-hydrogen) atoms. The molecule has 154 valence electrons. The van der Waals surface area contributed by atoms with Crippen molar-refractivity contribution in [3.8, 4) is 0 Å². The first kappa shape index (κ1) is 20.4. The SMILES string of the molecule is CSc1ccc(N2CCC(F)CC2)c(NSc2cc(C(=O)O)ccc2C2CC2)c1. The maximum absolute atomic E-state index is 13.6. The lowest BCUT2D eigenvalue weighted by Gasteiger charge is -2.32. The lowest BCUT2D eigenvalue weighted by atomic mass is 10.1. The molecule has 2 aromatic rings. The van der Waals surface area contributed by atoms with Gasteiger partial charge in [0.15, 0.2) is 0 Å². The molecule has 0 amide bonds. The van der Waals surface area contributed by atoms with Crippen molar-refractivity contribution in [2.45, 2.75) is 47.6 Å². The second kappa shape index (κ2) is 8.88. The van der Waals surface area contributed by atoms with E-state index in [9.17, 15) is 14.3 Å². The summed E-state index contributed by atoms with van der Waals surface area (Å²) in [7, 11) is 0. The Morgan fingerprint density at radius 2 is 1.90 bits per heavy atom. The summed E-state index contributed by atoms with van der Waals surface area (Å²) in [5, 5.41) is 9.37. The van der Waals surface area contributed by atoms with E-state index in [0.29, 0.717) is 37.4 Å². The highest BCUT2D eigenvalue weighted by atomic mass is 32.2. The number of alkyl halides is 1. The molecule has 0 unspecified atom stereocenters. The number of nitrogens with zero attached hydrogens (tertiary/aromatic N) is 1. The monoisotopic (exact) mass is 432 g/mol. The Balaban J connectivity index is 1.59. The number of anilines is 2. The number of hydrogen-bond acceptors (Lipinski definition) is 5. The highest BCUT2D eigenvalue weighted by molar-refractivity contribution is 8.00. The number of aromatic carboxylic acids is 1. The summed E-state index contributed by atoms with van der Waals surface area (Å²) in [6.07, 6.45) is 4.77. The number of carboxylic acids is 1. The summed E-state index contributed by atoms with van der Waals surface area (Å²) >= 11 is 3.15. The Labute approximate surface area is 179 Å². The average molecular weight is 433 g/mol. The van der Waals surface area contributed by atoms with Gasteiger partial charge in [0.1, 0.15) is 6.17 Å². The van der Waals surface area contributed by atoms with Crippen LogP contribution >= 0.6 is 23.7 Å². The third kappa shape index (κ3) is 4.83. The lowest BCUT2D eigenvalue weighted by Crippen LogP contribution is -2.34. The second-order valence-corrected chi connectivity index (χ2v) is 9.31. The Bertz CT molecular complexity index is 896. The van der Waals surface area contributed by atoms with Crippen LogP contribution in [0.15, 0.2) is 46.2 Å². The molecular weight excluding hydrogens is 407 g/mol. The van der Waals surface area contributed by atoms with E-state index >= 15 is 0 Å².